The van der Waals surface area contributed by atoms with Crippen molar-refractivity contribution in [3.05, 3.63) is 148 Å². The van der Waals surface area contributed by atoms with Gasteiger partial charge in [0, 0.05) is 13.1 Å². The summed E-state index contributed by atoms with van der Waals surface area (Å²) in [5, 5.41) is 14.2. The molecule has 14 nitrogen and oxygen atoms in total. The van der Waals surface area contributed by atoms with E-state index in [0.29, 0.717) is 11.5 Å². The molecule has 0 spiro atoms. The molecule has 300 valence electrons. The fraction of sp³-hybridized carbons (Fsp3) is 0.310. The van der Waals surface area contributed by atoms with Crippen LogP contribution in [0.5, 0.6) is 11.5 Å². The first-order chi connectivity index (χ1) is 27.4. The number of aromatic nitrogens is 2. The zero-order valence-electron chi connectivity index (χ0n) is 31.9. The highest BCUT2D eigenvalue weighted by molar-refractivity contribution is 7.91. The number of methoxy groups -OCH3 is 2. The van der Waals surface area contributed by atoms with Gasteiger partial charge in [0.05, 0.1) is 38.1 Å². The van der Waals surface area contributed by atoms with Gasteiger partial charge in [-0.15, -0.1) is 0 Å². The lowest BCUT2D eigenvalue weighted by atomic mass is 9.80. The second-order valence-electron chi connectivity index (χ2n) is 13.3. The number of hydrogen-bond donors (Lipinski definition) is 2. The molecule has 6 rings (SSSR count). The first-order valence-electron chi connectivity index (χ1n) is 18.1. The van der Waals surface area contributed by atoms with Gasteiger partial charge >= 0.3 is 5.69 Å². The summed E-state index contributed by atoms with van der Waals surface area (Å²) in [5.74, 6) is 0.603. The van der Waals surface area contributed by atoms with Crippen LogP contribution in [0.3, 0.4) is 0 Å². The number of benzene rings is 4. The van der Waals surface area contributed by atoms with Crippen molar-refractivity contribution in [2.75, 3.05) is 45.3 Å². The molecular formula is C42H45N3O11S. The monoisotopic (exact) mass is 799 g/mol. The normalized spacial score (nSPS) is 18.3. The molecule has 2 N–H and O–H groups in total. The smallest absolute Gasteiger partial charge is 0.351 e. The van der Waals surface area contributed by atoms with Crippen LogP contribution in [0.25, 0.3) is 0 Å². The Balaban J connectivity index is 1.31. The zero-order valence-corrected chi connectivity index (χ0v) is 32.8. The second kappa shape index (κ2) is 18.2. The standard InChI is InChI=1S/C42H45N3O11S/c1-28-10-20-35(21-11-28)57(49,50)25-24-53-27-54-39-36(56-40(38(39)47)45-23-22-37(43-29(2)46)44-41(45)48)26-55-42(30-8-6-5-7-9-30,31-12-16-33(51-3)17-13-31)32-14-18-34(52-4)19-15-32/h5-23,36,38-40,47H,24-27H2,1-4H3,(H,43,44,46,48)/t36-,38-,39-,40-/m1/s1. The first-order valence-corrected chi connectivity index (χ1v) is 19.8. The van der Waals surface area contributed by atoms with E-state index in [1.54, 1.807) is 38.5 Å². The topological polar surface area (TPSA) is 174 Å². The maximum Gasteiger partial charge on any atom is 0.351 e. The van der Waals surface area contributed by atoms with Crippen LogP contribution < -0.4 is 20.5 Å². The maximum atomic E-state index is 13.2. The molecule has 1 saturated heterocycles. The number of rotatable bonds is 17. The Bertz CT molecular complexity index is 2220. The van der Waals surface area contributed by atoms with Gasteiger partial charge < -0.3 is 38.8 Å². The minimum absolute atomic E-state index is 0.0320. The van der Waals surface area contributed by atoms with Crippen LogP contribution in [-0.4, -0.2) is 87.3 Å². The zero-order chi connectivity index (χ0) is 40.6. The van der Waals surface area contributed by atoms with E-state index in [2.05, 4.69) is 10.3 Å². The summed E-state index contributed by atoms with van der Waals surface area (Å²) < 4.78 is 63.0. The highest BCUT2D eigenvalue weighted by atomic mass is 32.2. The molecule has 0 radical (unpaired) electrons. The Hall–Kier alpha value is -5.42. The third-order valence-electron chi connectivity index (χ3n) is 9.58. The molecule has 0 aliphatic carbocycles. The Morgan fingerprint density at radius 1 is 0.877 bits per heavy atom. The van der Waals surface area contributed by atoms with E-state index in [1.807, 2.05) is 85.8 Å². The quantitative estimate of drug-likeness (QED) is 0.0760. The number of aryl methyl sites for hydroxylation is 1. The van der Waals surface area contributed by atoms with Crippen LogP contribution in [0, 0.1) is 6.92 Å². The van der Waals surface area contributed by atoms with Crippen LogP contribution in [0.4, 0.5) is 5.82 Å². The highest BCUT2D eigenvalue weighted by Crippen LogP contribution is 2.43. The Kier molecular flexibility index (Phi) is 13.2. The molecule has 1 aromatic heterocycles. The summed E-state index contributed by atoms with van der Waals surface area (Å²) >= 11 is 0. The number of hydrogen-bond acceptors (Lipinski definition) is 12. The van der Waals surface area contributed by atoms with E-state index in [9.17, 15) is 23.1 Å². The van der Waals surface area contributed by atoms with Gasteiger partial charge in [-0.3, -0.25) is 9.36 Å². The van der Waals surface area contributed by atoms with E-state index in [0.717, 1.165) is 26.8 Å². The average molecular weight is 800 g/mol. The molecule has 15 heteroatoms. The van der Waals surface area contributed by atoms with Gasteiger partial charge in [-0.25, -0.2) is 13.2 Å². The fourth-order valence-corrected chi connectivity index (χ4v) is 7.77. The summed E-state index contributed by atoms with van der Waals surface area (Å²) in [7, 11) is -0.468. The number of amides is 1. The predicted molar refractivity (Wildman–Crippen MR) is 210 cm³/mol. The minimum Gasteiger partial charge on any atom is -0.497 e. The van der Waals surface area contributed by atoms with E-state index in [1.165, 1.54) is 19.2 Å². The second-order valence-corrected chi connectivity index (χ2v) is 15.5. The van der Waals surface area contributed by atoms with E-state index < -0.39 is 58.4 Å². The summed E-state index contributed by atoms with van der Waals surface area (Å²) in [6.45, 7) is 2.38. The molecule has 2 heterocycles. The van der Waals surface area contributed by atoms with Gasteiger partial charge in [0.15, 0.2) is 16.1 Å². The minimum atomic E-state index is -3.63. The van der Waals surface area contributed by atoms with Gasteiger partial charge in [0.1, 0.15) is 48.0 Å². The van der Waals surface area contributed by atoms with Crippen molar-refractivity contribution in [1.82, 2.24) is 9.55 Å². The van der Waals surface area contributed by atoms with Gasteiger partial charge in [0.2, 0.25) is 5.91 Å². The summed E-state index contributed by atoms with van der Waals surface area (Å²) in [6.07, 6.45) is -3.52. The highest BCUT2D eigenvalue weighted by Gasteiger charge is 2.48. The lowest BCUT2D eigenvalue weighted by Gasteiger charge is -2.37. The van der Waals surface area contributed by atoms with Gasteiger partial charge in [0.25, 0.3) is 0 Å². The molecule has 1 fully saturated rings. The third kappa shape index (κ3) is 9.42. The molecule has 0 unspecified atom stereocenters. The number of carbonyl (C=O) groups is 1. The van der Waals surface area contributed by atoms with Crippen molar-refractivity contribution in [2.45, 2.75) is 48.9 Å². The van der Waals surface area contributed by atoms with Crippen LogP contribution in [-0.2, 0) is 39.2 Å². The van der Waals surface area contributed by atoms with E-state index >= 15 is 0 Å². The van der Waals surface area contributed by atoms with Crippen LogP contribution in [0.15, 0.2) is 125 Å². The van der Waals surface area contributed by atoms with Gasteiger partial charge in [-0.1, -0.05) is 72.3 Å². The number of aliphatic hydroxyl groups is 1. The molecule has 4 aromatic carbocycles. The number of carbonyl (C=O) groups excluding carboxylic acids is 1. The molecule has 1 aliphatic heterocycles. The van der Waals surface area contributed by atoms with Crippen LogP contribution >= 0.6 is 0 Å². The third-order valence-corrected chi connectivity index (χ3v) is 11.3. The number of aliphatic hydroxyl groups excluding tert-OH is 1. The lowest BCUT2D eigenvalue weighted by Crippen LogP contribution is -2.41. The molecule has 1 aliphatic rings. The lowest BCUT2D eigenvalue weighted by molar-refractivity contribution is -0.141. The summed E-state index contributed by atoms with van der Waals surface area (Å²) in [5.41, 5.74) is 1.16. The molecular weight excluding hydrogens is 755 g/mol. The number of sulfone groups is 1. The largest absolute Gasteiger partial charge is 0.497 e. The van der Waals surface area contributed by atoms with Crippen molar-refractivity contribution in [3.8, 4) is 11.5 Å². The van der Waals surface area contributed by atoms with Crippen LogP contribution in [0.1, 0.15) is 35.4 Å². The molecule has 0 bridgehead atoms. The van der Waals surface area contributed by atoms with E-state index in [-0.39, 0.29) is 29.7 Å². The fourth-order valence-electron chi connectivity index (χ4n) is 6.64. The number of nitrogens with zero attached hydrogens (tertiary/aromatic N) is 2. The molecule has 0 saturated carbocycles. The Labute approximate surface area is 330 Å². The van der Waals surface area contributed by atoms with Crippen molar-refractivity contribution < 1.29 is 46.7 Å². The molecule has 4 atom stereocenters. The molecule has 1 amide bonds. The predicted octanol–water partition coefficient (Wildman–Crippen LogP) is 4.63. The number of ether oxygens (including phenoxy) is 6. The van der Waals surface area contributed by atoms with Crippen molar-refractivity contribution >= 4 is 21.6 Å². The van der Waals surface area contributed by atoms with Crippen molar-refractivity contribution in [2.24, 2.45) is 0 Å². The first kappa shape index (κ1) is 41.2. The van der Waals surface area contributed by atoms with Crippen molar-refractivity contribution in [1.29, 1.82) is 0 Å². The Morgan fingerprint density at radius 3 is 2.04 bits per heavy atom. The Morgan fingerprint density at radius 2 is 1.47 bits per heavy atom. The van der Waals surface area contributed by atoms with Gasteiger partial charge in [-0.2, -0.15) is 4.98 Å². The number of anilines is 1. The number of nitrogens with one attached hydrogen (secondary N) is 1. The SMILES string of the molecule is COc1ccc(C(OC[C@H]2O[C@@H](n3ccc(NC(C)=O)nc3=O)[C@H](O)[C@@H]2OCOCCS(=O)(=O)c2ccc(C)cc2)(c2ccccc2)c2ccc(OC)cc2)cc1. The maximum absolute atomic E-state index is 13.2. The van der Waals surface area contributed by atoms with Crippen molar-refractivity contribution in [3.63, 3.8) is 0 Å². The van der Waals surface area contributed by atoms with E-state index in [4.69, 9.17) is 28.4 Å². The summed E-state index contributed by atoms with van der Waals surface area (Å²) in [6, 6.07) is 32.5. The molecule has 5 aromatic rings. The van der Waals surface area contributed by atoms with Crippen LogP contribution in [0.2, 0.25) is 0 Å². The summed E-state index contributed by atoms with van der Waals surface area (Å²) in [4.78, 5) is 28.9. The average Bonchev–Trinajstić information content (AvgIpc) is 3.52. The molecule has 57 heavy (non-hydrogen) atoms. The van der Waals surface area contributed by atoms with Gasteiger partial charge in [-0.05, 0) is 66.1 Å².